The summed E-state index contributed by atoms with van der Waals surface area (Å²) in [4.78, 5) is 14.4. The van der Waals surface area contributed by atoms with Crippen LogP contribution in [-0.2, 0) is 4.79 Å². The summed E-state index contributed by atoms with van der Waals surface area (Å²) in [6.07, 6.45) is 3.39. The topological polar surface area (TPSA) is 44.4 Å². The number of halogens is 1. The summed E-state index contributed by atoms with van der Waals surface area (Å²) < 4.78 is 0. The molecule has 1 amide bonds. The van der Waals surface area contributed by atoms with E-state index in [2.05, 4.69) is 29.4 Å². The van der Waals surface area contributed by atoms with Crippen LogP contribution in [-0.4, -0.2) is 25.0 Å². The van der Waals surface area contributed by atoms with Crippen LogP contribution in [0.25, 0.3) is 0 Å². The minimum Gasteiger partial charge on any atom is -0.368 e. The number of rotatable bonds is 4. The van der Waals surface area contributed by atoms with Gasteiger partial charge < -0.3 is 15.5 Å². The van der Waals surface area contributed by atoms with Crippen molar-refractivity contribution in [2.24, 2.45) is 0 Å². The summed E-state index contributed by atoms with van der Waals surface area (Å²) in [7, 11) is 0. The van der Waals surface area contributed by atoms with Crippen LogP contribution >= 0.6 is 11.6 Å². The van der Waals surface area contributed by atoms with Crippen molar-refractivity contribution in [1.82, 2.24) is 5.32 Å². The molecular formula is C16H22ClN3O. The SMILES string of the molecule is CCCNC1C(=O)Nc2cc(N3CCCC3C)c(Cl)cc21. The molecule has 1 fully saturated rings. The molecule has 0 radical (unpaired) electrons. The zero-order chi connectivity index (χ0) is 15.0. The number of benzene rings is 1. The van der Waals surface area contributed by atoms with Gasteiger partial charge in [-0.3, -0.25) is 4.79 Å². The average molecular weight is 308 g/mol. The van der Waals surface area contributed by atoms with Gasteiger partial charge in [-0.2, -0.15) is 0 Å². The molecule has 2 heterocycles. The Bertz CT molecular complexity index is 561. The molecule has 3 rings (SSSR count). The third kappa shape index (κ3) is 2.62. The van der Waals surface area contributed by atoms with Crippen molar-refractivity contribution >= 4 is 28.9 Å². The Hall–Kier alpha value is -1.26. The van der Waals surface area contributed by atoms with E-state index in [4.69, 9.17) is 11.6 Å². The molecule has 0 aromatic heterocycles. The molecule has 2 unspecified atom stereocenters. The van der Waals surface area contributed by atoms with Gasteiger partial charge in [0.15, 0.2) is 0 Å². The minimum atomic E-state index is -0.275. The number of fused-ring (bicyclic) bond motifs is 1. The third-order valence-corrected chi connectivity index (χ3v) is 4.71. The van der Waals surface area contributed by atoms with Gasteiger partial charge in [-0.05, 0) is 44.9 Å². The van der Waals surface area contributed by atoms with Crippen LogP contribution in [0.5, 0.6) is 0 Å². The summed E-state index contributed by atoms with van der Waals surface area (Å²) in [5.74, 6) is 0.0149. The van der Waals surface area contributed by atoms with Crippen molar-refractivity contribution in [3.8, 4) is 0 Å². The Morgan fingerprint density at radius 1 is 1.48 bits per heavy atom. The highest BCUT2D eigenvalue weighted by Gasteiger charge is 2.32. The number of nitrogens with zero attached hydrogens (tertiary/aromatic N) is 1. The largest absolute Gasteiger partial charge is 0.368 e. The Morgan fingerprint density at radius 2 is 2.29 bits per heavy atom. The first kappa shape index (κ1) is 14.7. The van der Waals surface area contributed by atoms with Gasteiger partial charge in [0.2, 0.25) is 5.91 Å². The van der Waals surface area contributed by atoms with E-state index in [1.807, 2.05) is 12.1 Å². The molecular weight excluding hydrogens is 286 g/mol. The quantitative estimate of drug-likeness (QED) is 0.897. The molecule has 2 atom stereocenters. The molecule has 2 aliphatic rings. The highest BCUT2D eigenvalue weighted by Crippen LogP contribution is 2.40. The lowest BCUT2D eigenvalue weighted by molar-refractivity contribution is -0.117. The first-order valence-electron chi connectivity index (χ1n) is 7.76. The molecule has 2 aliphatic heterocycles. The maximum absolute atomic E-state index is 12.1. The molecule has 0 aliphatic carbocycles. The van der Waals surface area contributed by atoms with Gasteiger partial charge in [-0.15, -0.1) is 0 Å². The molecule has 0 saturated carbocycles. The van der Waals surface area contributed by atoms with Crippen LogP contribution < -0.4 is 15.5 Å². The van der Waals surface area contributed by atoms with Gasteiger partial charge in [0.05, 0.1) is 10.7 Å². The van der Waals surface area contributed by atoms with Gasteiger partial charge >= 0.3 is 0 Å². The summed E-state index contributed by atoms with van der Waals surface area (Å²) in [6.45, 7) is 6.16. The van der Waals surface area contributed by atoms with Gasteiger partial charge in [-0.1, -0.05) is 18.5 Å². The smallest absolute Gasteiger partial charge is 0.246 e. The van der Waals surface area contributed by atoms with E-state index >= 15 is 0 Å². The first-order valence-corrected chi connectivity index (χ1v) is 8.14. The van der Waals surface area contributed by atoms with E-state index in [-0.39, 0.29) is 11.9 Å². The van der Waals surface area contributed by atoms with Gasteiger partial charge in [-0.25, -0.2) is 0 Å². The second-order valence-corrected chi connectivity index (χ2v) is 6.36. The van der Waals surface area contributed by atoms with Gasteiger partial charge in [0.1, 0.15) is 6.04 Å². The van der Waals surface area contributed by atoms with Crippen molar-refractivity contribution in [3.63, 3.8) is 0 Å². The van der Waals surface area contributed by atoms with Crippen molar-refractivity contribution in [1.29, 1.82) is 0 Å². The predicted octanol–water partition coefficient (Wildman–Crippen LogP) is 3.32. The van der Waals surface area contributed by atoms with Crippen molar-refractivity contribution in [2.75, 3.05) is 23.3 Å². The molecule has 114 valence electrons. The second kappa shape index (κ2) is 5.85. The number of amides is 1. The van der Waals surface area contributed by atoms with Crippen LogP contribution in [0.2, 0.25) is 5.02 Å². The number of hydrogen-bond donors (Lipinski definition) is 2. The van der Waals surface area contributed by atoms with E-state index in [1.54, 1.807) is 0 Å². The van der Waals surface area contributed by atoms with E-state index in [9.17, 15) is 4.79 Å². The molecule has 4 nitrogen and oxygen atoms in total. The van der Waals surface area contributed by atoms with Gasteiger partial charge in [0.25, 0.3) is 0 Å². The third-order valence-electron chi connectivity index (χ3n) is 4.41. The fourth-order valence-electron chi connectivity index (χ4n) is 3.27. The Labute approximate surface area is 130 Å². The Balaban J connectivity index is 1.92. The zero-order valence-corrected chi connectivity index (χ0v) is 13.3. The maximum atomic E-state index is 12.1. The van der Waals surface area contributed by atoms with E-state index in [1.165, 1.54) is 12.8 Å². The molecule has 1 aromatic rings. The minimum absolute atomic E-state index is 0.0149. The number of carbonyl (C=O) groups excluding carboxylic acids is 1. The lowest BCUT2D eigenvalue weighted by Crippen LogP contribution is -2.28. The number of hydrogen-bond acceptors (Lipinski definition) is 3. The Morgan fingerprint density at radius 3 is 2.95 bits per heavy atom. The van der Waals surface area contributed by atoms with Crippen molar-refractivity contribution in [3.05, 3.63) is 22.7 Å². The zero-order valence-electron chi connectivity index (χ0n) is 12.6. The Kier molecular flexibility index (Phi) is 4.09. The van der Waals surface area contributed by atoms with Crippen LogP contribution in [0, 0.1) is 0 Å². The van der Waals surface area contributed by atoms with Crippen molar-refractivity contribution < 1.29 is 4.79 Å². The predicted molar refractivity (Wildman–Crippen MR) is 87.2 cm³/mol. The fraction of sp³-hybridized carbons (Fsp3) is 0.562. The van der Waals surface area contributed by atoms with E-state index < -0.39 is 0 Å². The summed E-state index contributed by atoms with van der Waals surface area (Å²) in [5, 5.41) is 6.99. The maximum Gasteiger partial charge on any atom is 0.246 e. The first-order chi connectivity index (χ1) is 10.1. The molecule has 2 N–H and O–H groups in total. The fourth-order valence-corrected chi connectivity index (χ4v) is 3.55. The molecule has 1 saturated heterocycles. The lowest BCUT2D eigenvalue weighted by Gasteiger charge is -2.25. The van der Waals surface area contributed by atoms with E-state index in [0.29, 0.717) is 6.04 Å². The summed E-state index contributed by atoms with van der Waals surface area (Å²) in [5.41, 5.74) is 2.90. The van der Waals surface area contributed by atoms with Gasteiger partial charge in [0, 0.05) is 23.8 Å². The standard InChI is InChI=1S/C16H22ClN3O/c1-3-6-18-15-11-8-12(17)14(9-13(11)19-16(15)21)20-7-4-5-10(20)2/h8-10,15,18H,3-7H2,1-2H3,(H,19,21). The molecule has 0 spiro atoms. The number of carbonyl (C=O) groups is 1. The highest BCUT2D eigenvalue weighted by atomic mass is 35.5. The monoisotopic (exact) mass is 307 g/mol. The van der Waals surface area contributed by atoms with E-state index in [0.717, 1.165) is 41.5 Å². The normalized spacial score (nSPS) is 24.3. The number of nitrogens with one attached hydrogen (secondary N) is 2. The second-order valence-electron chi connectivity index (χ2n) is 5.95. The molecule has 1 aromatic carbocycles. The van der Waals surface area contributed by atoms with Crippen molar-refractivity contribution in [2.45, 2.75) is 45.2 Å². The lowest BCUT2D eigenvalue weighted by atomic mass is 10.1. The summed E-state index contributed by atoms with van der Waals surface area (Å²) in [6, 6.07) is 4.21. The highest BCUT2D eigenvalue weighted by molar-refractivity contribution is 6.33. The molecule has 21 heavy (non-hydrogen) atoms. The van der Waals surface area contributed by atoms with Crippen LogP contribution in [0.4, 0.5) is 11.4 Å². The number of anilines is 2. The molecule has 5 heteroatoms. The van der Waals surface area contributed by atoms with Crippen LogP contribution in [0.3, 0.4) is 0 Å². The van der Waals surface area contributed by atoms with Crippen LogP contribution in [0.15, 0.2) is 12.1 Å². The average Bonchev–Trinajstić information content (AvgIpc) is 2.99. The van der Waals surface area contributed by atoms with Crippen LogP contribution in [0.1, 0.15) is 44.7 Å². The summed E-state index contributed by atoms with van der Waals surface area (Å²) >= 11 is 6.49. The molecule has 0 bridgehead atoms.